The summed E-state index contributed by atoms with van der Waals surface area (Å²) >= 11 is 0. The molecule has 0 spiro atoms. The number of benzene rings is 1. The van der Waals surface area contributed by atoms with E-state index < -0.39 is 4.92 Å². The third-order valence-electron chi connectivity index (χ3n) is 2.69. The minimum atomic E-state index is -0.605. The van der Waals surface area contributed by atoms with Crippen LogP contribution in [-0.4, -0.2) is 21.9 Å². The molecule has 0 amide bonds. The van der Waals surface area contributed by atoms with Crippen molar-refractivity contribution in [1.29, 1.82) is 0 Å². The van der Waals surface area contributed by atoms with E-state index in [0.29, 0.717) is 5.56 Å². The van der Waals surface area contributed by atoms with Crippen molar-refractivity contribution in [1.82, 2.24) is 9.97 Å². The van der Waals surface area contributed by atoms with Gasteiger partial charge in [-0.1, -0.05) is 18.2 Å². The van der Waals surface area contributed by atoms with Gasteiger partial charge in [-0.25, -0.2) is 9.37 Å². The molecule has 2 aromatic rings. The summed E-state index contributed by atoms with van der Waals surface area (Å²) < 4.78 is 13.6. The highest BCUT2D eigenvalue weighted by Gasteiger charge is 2.20. The normalized spacial score (nSPS) is 10.3. The Labute approximate surface area is 114 Å². The minimum Gasteiger partial charge on any atom is -0.368 e. The quantitative estimate of drug-likeness (QED) is 0.675. The molecule has 0 fully saturated rings. The van der Waals surface area contributed by atoms with Gasteiger partial charge >= 0.3 is 5.69 Å². The molecule has 2 N–H and O–H groups in total. The zero-order chi connectivity index (χ0) is 14.7. The molecule has 0 atom stereocenters. The van der Waals surface area contributed by atoms with E-state index in [0.717, 1.165) is 6.20 Å². The van der Waals surface area contributed by atoms with Crippen molar-refractivity contribution in [3.63, 3.8) is 0 Å². The maximum atomic E-state index is 13.6. The molecular weight excluding hydrogens is 265 g/mol. The second-order valence-corrected chi connectivity index (χ2v) is 4.14. The van der Waals surface area contributed by atoms with Crippen LogP contribution in [-0.2, 0) is 6.54 Å². The van der Waals surface area contributed by atoms with E-state index in [1.807, 2.05) is 0 Å². The topological polar surface area (TPSA) is 98.2 Å². The third-order valence-corrected chi connectivity index (χ3v) is 2.69. The molecule has 0 aliphatic carbocycles. The van der Waals surface area contributed by atoms with Crippen molar-refractivity contribution < 1.29 is 9.31 Å². The molecule has 0 saturated carbocycles. The van der Waals surface area contributed by atoms with E-state index >= 15 is 0 Å². The smallest absolute Gasteiger partial charge is 0.329 e. The first-order valence-corrected chi connectivity index (χ1v) is 5.70. The summed E-state index contributed by atoms with van der Waals surface area (Å²) in [5.74, 6) is -0.416. The van der Waals surface area contributed by atoms with Crippen LogP contribution in [0.15, 0.2) is 30.5 Å². The summed E-state index contributed by atoms with van der Waals surface area (Å²) in [6.45, 7) is 0.129. The fourth-order valence-electron chi connectivity index (χ4n) is 1.75. The zero-order valence-corrected chi connectivity index (χ0v) is 10.7. The Bertz CT molecular complexity index is 649. The van der Waals surface area contributed by atoms with Gasteiger partial charge in [0.2, 0.25) is 11.8 Å². The highest BCUT2D eigenvalue weighted by atomic mass is 19.1. The summed E-state index contributed by atoms with van der Waals surface area (Å²) in [5.41, 5.74) is 5.57. The lowest BCUT2D eigenvalue weighted by Gasteiger charge is -2.18. The Kier molecular flexibility index (Phi) is 3.74. The van der Waals surface area contributed by atoms with E-state index in [4.69, 9.17) is 5.73 Å². The van der Waals surface area contributed by atoms with Gasteiger partial charge in [0.1, 0.15) is 12.0 Å². The van der Waals surface area contributed by atoms with Crippen LogP contribution in [0.4, 0.5) is 21.8 Å². The largest absolute Gasteiger partial charge is 0.368 e. The molecule has 7 nitrogen and oxygen atoms in total. The van der Waals surface area contributed by atoms with Crippen molar-refractivity contribution in [3.8, 4) is 0 Å². The van der Waals surface area contributed by atoms with Crippen molar-refractivity contribution in [2.24, 2.45) is 0 Å². The summed E-state index contributed by atoms with van der Waals surface area (Å²) in [4.78, 5) is 19.2. The number of rotatable bonds is 4. The zero-order valence-electron chi connectivity index (χ0n) is 10.7. The fraction of sp³-hybridized carbons (Fsp3) is 0.167. The van der Waals surface area contributed by atoms with Gasteiger partial charge in [0, 0.05) is 19.2 Å². The first kappa shape index (κ1) is 13.7. The van der Waals surface area contributed by atoms with Gasteiger partial charge in [0.05, 0.1) is 4.92 Å². The second-order valence-electron chi connectivity index (χ2n) is 4.14. The highest BCUT2D eigenvalue weighted by molar-refractivity contribution is 5.58. The molecule has 0 aliphatic heterocycles. The van der Waals surface area contributed by atoms with Crippen molar-refractivity contribution >= 4 is 17.5 Å². The predicted molar refractivity (Wildman–Crippen MR) is 71.6 cm³/mol. The van der Waals surface area contributed by atoms with Crippen LogP contribution in [0.3, 0.4) is 0 Å². The number of halogens is 1. The molecule has 0 bridgehead atoms. The van der Waals surface area contributed by atoms with Crippen LogP contribution in [0.5, 0.6) is 0 Å². The lowest BCUT2D eigenvalue weighted by molar-refractivity contribution is -0.384. The lowest BCUT2D eigenvalue weighted by atomic mass is 10.2. The molecule has 1 heterocycles. The van der Waals surface area contributed by atoms with E-state index in [9.17, 15) is 14.5 Å². The van der Waals surface area contributed by atoms with E-state index in [-0.39, 0.29) is 29.8 Å². The van der Waals surface area contributed by atoms with Crippen LogP contribution >= 0.6 is 0 Å². The van der Waals surface area contributed by atoms with E-state index in [2.05, 4.69) is 9.97 Å². The standard InChI is InChI=1S/C12H12FN5O2/c1-17(7-8-4-2-3-5-9(8)13)11-10(18(19)20)6-15-12(14)16-11/h2-6H,7H2,1H3,(H2,14,15,16). The molecule has 8 heteroatoms. The summed E-state index contributed by atoms with van der Waals surface area (Å²) in [6, 6.07) is 6.19. The Morgan fingerprint density at radius 3 is 2.80 bits per heavy atom. The van der Waals surface area contributed by atoms with Gasteiger partial charge in [-0.05, 0) is 6.07 Å². The second kappa shape index (κ2) is 5.47. The molecule has 2 rings (SSSR count). The van der Waals surface area contributed by atoms with Crippen molar-refractivity contribution in [2.75, 3.05) is 17.7 Å². The summed E-state index contributed by atoms with van der Waals surface area (Å²) in [6.07, 6.45) is 1.04. The Morgan fingerprint density at radius 2 is 2.15 bits per heavy atom. The number of aromatic nitrogens is 2. The highest BCUT2D eigenvalue weighted by Crippen LogP contribution is 2.26. The average molecular weight is 277 g/mol. The average Bonchev–Trinajstić information content (AvgIpc) is 2.40. The number of anilines is 2. The fourth-order valence-corrected chi connectivity index (χ4v) is 1.75. The Morgan fingerprint density at radius 1 is 1.45 bits per heavy atom. The first-order valence-electron chi connectivity index (χ1n) is 5.70. The third kappa shape index (κ3) is 2.79. The molecular formula is C12H12FN5O2. The van der Waals surface area contributed by atoms with Crippen LogP contribution in [0.1, 0.15) is 5.56 Å². The van der Waals surface area contributed by atoms with Gasteiger partial charge in [0.15, 0.2) is 0 Å². The molecule has 0 radical (unpaired) electrons. The Hall–Kier alpha value is -2.77. The maximum absolute atomic E-state index is 13.6. The number of nitrogens with zero attached hydrogens (tertiary/aromatic N) is 4. The number of nitrogen functional groups attached to an aromatic ring is 1. The summed E-state index contributed by atoms with van der Waals surface area (Å²) in [5, 5.41) is 10.9. The van der Waals surface area contributed by atoms with E-state index in [1.54, 1.807) is 25.2 Å². The lowest BCUT2D eigenvalue weighted by Crippen LogP contribution is -2.20. The minimum absolute atomic E-state index is 0.0470. The number of nitrogens with two attached hydrogens (primary N) is 1. The number of hydrogen-bond acceptors (Lipinski definition) is 6. The molecule has 0 saturated heterocycles. The number of hydrogen-bond donors (Lipinski definition) is 1. The van der Waals surface area contributed by atoms with Gasteiger partial charge in [-0.15, -0.1) is 0 Å². The molecule has 0 aliphatic rings. The van der Waals surface area contributed by atoms with Crippen molar-refractivity contribution in [2.45, 2.75) is 6.54 Å². The monoisotopic (exact) mass is 277 g/mol. The van der Waals surface area contributed by atoms with Crippen LogP contribution in [0.2, 0.25) is 0 Å². The first-order chi connectivity index (χ1) is 9.49. The Balaban J connectivity index is 2.34. The van der Waals surface area contributed by atoms with Crippen molar-refractivity contribution in [3.05, 3.63) is 52.0 Å². The van der Waals surface area contributed by atoms with Gasteiger partial charge in [-0.2, -0.15) is 4.98 Å². The van der Waals surface area contributed by atoms with Crippen LogP contribution < -0.4 is 10.6 Å². The van der Waals surface area contributed by atoms with Gasteiger partial charge < -0.3 is 10.6 Å². The SMILES string of the molecule is CN(Cc1ccccc1F)c1nc(N)ncc1[N+](=O)[O-]. The van der Waals surface area contributed by atoms with Gasteiger partial charge in [0.25, 0.3) is 0 Å². The maximum Gasteiger partial charge on any atom is 0.329 e. The molecule has 1 aromatic heterocycles. The predicted octanol–water partition coefficient (Wildman–Crippen LogP) is 1.74. The van der Waals surface area contributed by atoms with Crippen LogP contribution in [0, 0.1) is 15.9 Å². The van der Waals surface area contributed by atoms with E-state index in [1.165, 1.54) is 11.0 Å². The van der Waals surface area contributed by atoms with Crippen LogP contribution in [0.25, 0.3) is 0 Å². The molecule has 1 aromatic carbocycles. The summed E-state index contributed by atoms with van der Waals surface area (Å²) in [7, 11) is 1.57. The molecule has 20 heavy (non-hydrogen) atoms. The number of nitro groups is 1. The molecule has 0 unspecified atom stereocenters. The molecule has 104 valence electrons. The van der Waals surface area contributed by atoms with Gasteiger partial charge in [-0.3, -0.25) is 10.1 Å².